The molecule has 2 saturated carbocycles. The fraction of sp³-hybridized carbons (Fsp3) is 0.767. The van der Waals surface area contributed by atoms with Gasteiger partial charge in [0.05, 0.1) is 18.1 Å². The van der Waals surface area contributed by atoms with Crippen molar-refractivity contribution in [3.8, 4) is 0 Å². The highest BCUT2D eigenvalue weighted by Crippen LogP contribution is 2.66. The first-order valence-corrected chi connectivity index (χ1v) is 14.4. The second-order valence-corrected chi connectivity index (χ2v) is 13.0. The summed E-state index contributed by atoms with van der Waals surface area (Å²) in [5.41, 5.74) is -5.79. The SMILES string of the molecule is CC(=O)O[C@H]1C[C@@]2(O)[C@H]3OC[C@@]4(OC(C)=O)[C@@H]3[C@@](C)([C@@H](OC(C)=O)C[C@@H]4O)[C@@H](OC(C)=O)[C@H](OC(C)=O)C(=C1C)C2(C)C. The van der Waals surface area contributed by atoms with Crippen LogP contribution >= 0.6 is 0 Å². The molecule has 2 bridgehead atoms. The maximum atomic E-state index is 12.9. The predicted octanol–water partition coefficient (Wildman–Crippen LogP) is 1.29. The Labute approximate surface area is 250 Å². The molecule has 2 N–H and O–H groups in total. The van der Waals surface area contributed by atoms with E-state index in [9.17, 15) is 34.2 Å². The molecule has 0 aromatic rings. The zero-order chi connectivity index (χ0) is 32.4. The van der Waals surface area contributed by atoms with Gasteiger partial charge in [0, 0.05) is 58.8 Å². The molecule has 0 spiro atoms. The van der Waals surface area contributed by atoms with E-state index in [0.29, 0.717) is 11.1 Å². The summed E-state index contributed by atoms with van der Waals surface area (Å²) in [5.74, 6) is -4.77. The molecule has 10 atom stereocenters. The van der Waals surface area contributed by atoms with Crippen molar-refractivity contribution in [1.82, 2.24) is 0 Å². The van der Waals surface area contributed by atoms with Crippen molar-refractivity contribution >= 4 is 29.8 Å². The number of aliphatic hydroxyl groups excluding tert-OH is 1. The van der Waals surface area contributed by atoms with E-state index in [0.717, 1.165) is 0 Å². The van der Waals surface area contributed by atoms with Crippen molar-refractivity contribution in [3.05, 3.63) is 11.1 Å². The van der Waals surface area contributed by atoms with Gasteiger partial charge in [-0.15, -0.1) is 0 Å². The molecule has 4 aliphatic rings. The Morgan fingerprint density at radius 2 is 1.40 bits per heavy atom. The van der Waals surface area contributed by atoms with Crippen LogP contribution in [0.3, 0.4) is 0 Å². The average Bonchev–Trinajstić information content (AvgIpc) is 3.24. The Kier molecular flexibility index (Phi) is 8.29. The highest BCUT2D eigenvalue weighted by molar-refractivity contribution is 5.70. The van der Waals surface area contributed by atoms with Gasteiger partial charge in [-0.1, -0.05) is 20.8 Å². The molecule has 1 saturated heterocycles. The largest absolute Gasteiger partial charge is 0.462 e. The Bertz CT molecular complexity index is 1250. The fourth-order valence-corrected chi connectivity index (χ4v) is 8.37. The van der Waals surface area contributed by atoms with Crippen molar-refractivity contribution in [2.45, 2.75) is 123 Å². The number of esters is 5. The summed E-state index contributed by atoms with van der Waals surface area (Å²) in [4.78, 5) is 62.8. The third-order valence-electron chi connectivity index (χ3n) is 10.0. The zero-order valence-corrected chi connectivity index (χ0v) is 26.0. The molecule has 13 heteroatoms. The lowest BCUT2D eigenvalue weighted by molar-refractivity contribution is -0.280. The van der Waals surface area contributed by atoms with E-state index in [2.05, 4.69) is 0 Å². The van der Waals surface area contributed by atoms with Gasteiger partial charge in [0.2, 0.25) is 0 Å². The summed E-state index contributed by atoms with van der Waals surface area (Å²) in [6, 6.07) is 0. The van der Waals surface area contributed by atoms with E-state index in [1.807, 2.05) is 0 Å². The minimum atomic E-state index is -1.91. The number of carbonyl (C=O) groups excluding carboxylic acids is 5. The maximum Gasteiger partial charge on any atom is 0.303 e. The number of carbonyl (C=O) groups is 5. The van der Waals surface area contributed by atoms with Crippen LogP contribution in [0.15, 0.2) is 11.1 Å². The number of hydrogen-bond donors (Lipinski definition) is 2. The molecule has 1 aliphatic heterocycles. The topological polar surface area (TPSA) is 181 Å². The number of aliphatic hydroxyl groups is 2. The van der Waals surface area contributed by atoms with Gasteiger partial charge in [-0.2, -0.15) is 0 Å². The molecule has 43 heavy (non-hydrogen) atoms. The van der Waals surface area contributed by atoms with Gasteiger partial charge >= 0.3 is 29.8 Å². The van der Waals surface area contributed by atoms with Crippen molar-refractivity contribution in [3.63, 3.8) is 0 Å². The van der Waals surface area contributed by atoms with Crippen molar-refractivity contribution in [2.24, 2.45) is 16.7 Å². The Morgan fingerprint density at radius 3 is 1.91 bits per heavy atom. The highest BCUT2D eigenvalue weighted by Gasteiger charge is 2.79. The van der Waals surface area contributed by atoms with E-state index in [1.165, 1.54) is 34.6 Å². The standard InChI is InChI=1S/C30H42O13/c1-13-19(39-14(2)31)11-30(37)26-24-28(9,25(42-17(5)34)23(41-16(4)33)22(13)27(30,7)8)21(40-15(3)32)10-20(36)29(24,12-38-26)43-18(6)35/h19-21,23-26,36-37H,10-12H2,1-9H3/t19-,20-,21-,23+,24-,25-,26-,28+,29-,30+/m0/s1. The average molecular weight is 611 g/mol. The molecule has 240 valence electrons. The fourth-order valence-electron chi connectivity index (χ4n) is 8.37. The molecular weight excluding hydrogens is 568 g/mol. The third-order valence-corrected chi connectivity index (χ3v) is 10.0. The molecule has 4 rings (SSSR count). The first kappa shape index (κ1) is 32.9. The Morgan fingerprint density at radius 1 is 0.837 bits per heavy atom. The van der Waals surface area contributed by atoms with Crippen LogP contribution in [-0.4, -0.2) is 94.5 Å². The van der Waals surface area contributed by atoms with Gasteiger partial charge in [-0.05, 0) is 18.1 Å². The van der Waals surface area contributed by atoms with Gasteiger partial charge in [-0.25, -0.2) is 0 Å². The quantitative estimate of drug-likeness (QED) is 0.258. The van der Waals surface area contributed by atoms with E-state index >= 15 is 0 Å². The predicted molar refractivity (Wildman–Crippen MR) is 145 cm³/mol. The van der Waals surface area contributed by atoms with Gasteiger partial charge in [0.25, 0.3) is 0 Å². The molecule has 0 aromatic carbocycles. The molecular formula is C30H42O13. The first-order valence-electron chi connectivity index (χ1n) is 14.4. The van der Waals surface area contributed by atoms with Gasteiger partial charge in [0.1, 0.15) is 23.9 Å². The normalized spacial score (nSPS) is 41.1. The number of rotatable bonds is 5. The Balaban J connectivity index is 2.17. The molecule has 3 aliphatic carbocycles. The van der Waals surface area contributed by atoms with Crippen LogP contribution in [0.1, 0.15) is 75.2 Å². The van der Waals surface area contributed by atoms with Crippen molar-refractivity contribution in [1.29, 1.82) is 0 Å². The van der Waals surface area contributed by atoms with Crippen LogP contribution in [0.5, 0.6) is 0 Å². The Hall–Kier alpha value is -3.03. The summed E-state index contributed by atoms with van der Waals surface area (Å²) < 4.78 is 35.6. The molecule has 1 heterocycles. The van der Waals surface area contributed by atoms with Gasteiger partial charge in [0.15, 0.2) is 17.8 Å². The number of ether oxygens (including phenoxy) is 6. The van der Waals surface area contributed by atoms with Crippen LogP contribution in [0.4, 0.5) is 0 Å². The second-order valence-electron chi connectivity index (χ2n) is 13.0. The number of fused-ring (bicyclic) bond motifs is 3. The van der Waals surface area contributed by atoms with Crippen LogP contribution in [0, 0.1) is 16.7 Å². The maximum absolute atomic E-state index is 12.9. The molecule has 0 amide bonds. The lowest BCUT2D eigenvalue weighted by Gasteiger charge is -2.64. The third kappa shape index (κ3) is 4.93. The summed E-state index contributed by atoms with van der Waals surface area (Å²) in [6.45, 7) is 12.3. The minimum Gasteiger partial charge on any atom is -0.462 e. The van der Waals surface area contributed by atoms with E-state index in [4.69, 9.17) is 28.4 Å². The minimum absolute atomic E-state index is 0.165. The van der Waals surface area contributed by atoms with Crippen molar-refractivity contribution in [2.75, 3.05) is 6.61 Å². The molecule has 3 fully saturated rings. The number of hydrogen-bond acceptors (Lipinski definition) is 13. The lowest BCUT2D eigenvalue weighted by Crippen LogP contribution is -2.76. The lowest BCUT2D eigenvalue weighted by atomic mass is 9.45. The first-order chi connectivity index (χ1) is 19.7. The second kappa shape index (κ2) is 10.8. The van der Waals surface area contributed by atoms with E-state index in [1.54, 1.807) is 27.7 Å². The van der Waals surface area contributed by atoms with Crippen LogP contribution in [0.25, 0.3) is 0 Å². The summed E-state index contributed by atoms with van der Waals surface area (Å²) >= 11 is 0. The van der Waals surface area contributed by atoms with Crippen LogP contribution in [0.2, 0.25) is 0 Å². The van der Waals surface area contributed by atoms with Crippen molar-refractivity contribution < 1.29 is 62.6 Å². The monoisotopic (exact) mass is 610 g/mol. The van der Waals surface area contributed by atoms with Crippen LogP contribution in [-0.2, 0) is 52.4 Å². The summed E-state index contributed by atoms with van der Waals surface area (Å²) in [5, 5.41) is 24.5. The smallest absolute Gasteiger partial charge is 0.303 e. The van der Waals surface area contributed by atoms with E-state index < -0.39 is 94.4 Å². The summed E-state index contributed by atoms with van der Waals surface area (Å²) in [6.07, 6.45) is -8.11. The van der Waals surface area contributed by atoms with Crippen LogP contribution < -0.4 is 0 Å². The van der Waals surface area contributed by atoms with Gasteiger partial charge < -0.3 is 38.6 Å². The highest BCUT2D eigenvalue weighted by atomic mass is 16.6. The van der Waals surface area contributed by atoms with Gasteiger partial charge in [-0.3, -0.25) is 24.0 Å². The zero-order valence-electron chi connectivity index (χ0n) is 26.0. The summed E-state index contributed by atoms with van der Waals surface area (Å²) in [7, 11) is 0. The molecule has 0 unspecified atom stereocenters. The molecule has 13 nitrogen and oxygen atoms in total. The molecule has 0 radical (unpaired) electrons. The molecule has 0 aromatic heterocycles. The van der Waals surface area contributed by atoms with E-state index in [-0.39, 0.29) is 19.4 Å².